The summed E-state index contributed by atoms with van der Waals surface area (Å²) in [6.45, 7) is 0.611. The molecule has 6 nitrogen and oxygen atoms in total. The van der Waals surface area contributed by atoms with Crippen molar-refractivity contribution in [1.29, 1.82) is 0 Å². The Kier molecular flexibility index (Phi) is 6.58. The molecule has 2 aliphatic rings. The lowest BCUT2D eigenvalue weighted by atomic mass is 9.84. The van der Waals surface area contributed by atoms with Crippen LogP contribution >= 0.6 is 23.4 Å². The largest absolute Gasteiger partial charge is 0.504 e. The number of aliphatic imine (C=N–C) groups is 1. The molecular formula is C23H20ClF3N2O4S. The zero-order chi connectivity index (χ0) is 24.7. The fourth-order valence-corrected chi connectivity index (χ4v) is 5.05. The molecule has 11 heteroatoms. The first kappa shape index (κ1) is 24.4. The van der Waals surface area contributed by atoms with Gasteiger partial charge in [-0.2, -0.15) is 18.2 Å². The lowest BCUT2D eigenvalue weighted by Gasteiger charge is -2.39. The fourth-order valence-electron chi connectivity index (χ4n) is 3.86. The number of aliphatic hydroxyl groups is 1. The van der Waals surface area contributed by atoms with E-state index in [1.54, 1.807) is 18.2 Å². The van der Waals surface area contributed by atoms with Crippen LogP contribution in [0.25, 0.3) is 6.08 Å². The molecule has 1 amide bonds. The number of carbonyl (C=O) groups excluding carboxylic acids is 1. The first-order valence-corrected chi connectivity index (χ1v) is 11.4. The van der Waals surface area contributed by atoms with Gasteiger partial charge in [0.05, 0.1) is 28.2 Å². The second-order valence-electron chi connectivity index (χ2n) is 7.95. The van der Waals surface area contributed by atoms with E-state index >= 15 is 0 Å². The summed E-state index contributed by atoms with van der Waals surface area (Å²) in [7, 11) is 1.42. The van der Waals surface area contributed by atoms with Crippen LogP contribution in [0, 0.1) is 0 Å². The number of likely N-dealkylation sites (tertiary alicyclic amines) is 1. The van der Waals surface area contributed by atoms with Gasteiger partial charge in [0.25, 0.3) is 5.91 Å². The van der Waals surface area contributed by atoms with Gasteiger partial charge in [0.1, 0.15) is 0 Å². The number of hydrogen-bond acceptors (Lipinski definition) is 6. The number of phenolic OH excluding ortho intramolecular Hbond substituents is 1. The summed E-state index contributed by atoms with van der Waals surface area (Å²) in [5, 5.41) is 20.8. The van der Waals surface area contributed by atoms with Crippen LogP contribution < -0.4 is 4.74 Å². The predicted octanol–water partition coefficient (Wildman–Crippen LogP) is 5.03. The van der Waals surface area contributed by atoms with Crippen molar-refractivity contribution in [2.24, 2.45) is 4.99 Å². The van der Waals surface area contributed by atoms with E-state index in [4.69, 9.17) is 16.3 Å². The zero-order valence-electron chi connectivity index (χ0n) is 17.9. The Morgan fingerprint density at radius 1 is 1.21 bits per heavy atom. The molecular weight excluding hydrogens is 493 g/mol. The standard InChI is InChI=1S/C23H20ClF3N2O4S/c1-33-18-10-13(2-5-17(18)30)11-19-20(31)28-21(34-19)29-8-6-22(32,7-9-29)14-3-4-16(24)15(12-14)23(25,26)27/h2-5,10-12,30,32H,6-9H2,1H3/b19-11-. The molecule has 34 heavy (non-hydrogen) atoms. The van der Waals surface area contributed by atoms with E-state index in [0.717, 1.165) is 12.1 Å². The number of halogens is 4. The highest BCUT2D eigenvalue weighted by Crippen LogP contribution is 2.41. The second-order valence-corrected chi connectivity index (χ2v) is 9.37. The van der Waals surface area contributed by atoms with Crippen molar-refractivity contribution in [3.05, 3.63) is 63.0 Å². The molecule has 0 bridgehead atoms. The maximum absolute atomic E-state index is 13.2. The average molecular weight is 513 g/mol. The molecule has 2 heterocycles. The van der Waals surface area contributed by atoms with E-state index in [0.29, 0.717) is 28.7 Å². The molecule has 0 aliphatic carbocycles. The molecule has 0 unspecified atom stereocenters. The highest BCUT2D eigenvalue weighted by Gasteiger charge is 2.40. The minimum absolute atomic E-state index is 0.0177. The molecule has 180 valence electrons. The maximum atomic E-state index is 13.2. The van der Waals surface area contributed by atoms with Gasteiger partial charge in [0, 0.05) is 13.1 Å². The molecule has 0 aromatic heterocycles. The number of amides is 1. The summed E-state index contributed by atoms with van der Waals surface area (Å²) in [4.78, 5) is 18.7. The number of carbonyl (C=O) groups is 1. The van der Waals surface area contributed by atoms with Crippen LogP contribution in [0.5, 0.6) is 11.5 Å². The summed E-state index contributed by atoms with van der Waals surface area (Å²) < 4.78 is 44.8. The van der Waals surface area contributed by atoms with Crippen LogP contribution in [-0.4, -0.2) is 46.4 Å². The van der Waals surface area contributed by atoms with E-state index in [2.05, 4.69) is 4.99 Å². The van der Waals surface area contributed by atoms with Crippen LogP contribution in [-0.2, 0) is 16.6 Å². The maximum Gasteiger partial charge on any atom is 0.417 e. The number of ether oxygens (including phenoxy) is 1. The van der Waals surface area contributed by atoms with Crippen molar-refractivity contribution >= 4 is 40.5 Å². The van der Waals surface area contributed by atoms with E-state index in [-0.39, 0.29) is 29.9 Å². The van der Waals surface area contributed by atoms with Crippen LogP contribution in [0.3, 0.4) is 0 Å². The van der Waals surface area contributed by atoms with Crippen LogP contribution in [0.15, 0.2) is 46.3 Å². The number of thioether (sulfide) groups is 1. The number of aromatic hydroxyl groups is 1. The van der Waals surface area contributed by atoms with Crippen molar-refractivity contribution in [2.45, 2.75) is 24.6 Å². The second kappa shape index (κ2) is 9.16. The van der Waals surface area contributed by atoms with Crippen molar-refractivity contribution in [1.82, 2.24) is 4.90 Å². The van der Waals surface area contributed by atoms with Gasteiger partial charge >= 0.3 is 6.18 Å². The summed E-state index contributed by atoms with van der Waals surface area (Å²) in [6, 6.07) is 8.15. The topological polar surface area (TPSA) is 82.4 Å². The number of hydrogen-bond donors (Lipinski definition) is 2. The summed E-state index contributed by atoms with van der Waals surface area (Å²) >= 11 is 6.88. The van der Waals surface area contributed by atoms with Gasteiger partial charge in [-0.1, -0.05) is 23.7 Å². The predicted molar refractivity (Wildman–Crippen MR) is 124 cm³/mol. The molecule has 2 aromatic carbocycles. The molecule has 0 spiro atoms. The van der Waals surface area contributed by atoms with Crippen LogP contribution in [0.2, 0.25) is 5.02 Å². The minimum Gasteiger partial charge on any atom is -0.504 e. The normalized spacial score (nSPS) is 19.5. The van der Waals surface area contributed by atoms with Crippen molar-refractivity contribution in [3.63, 3.8) is 0 Å². The Hall–Kier alpha value is -2.69. The molecule has 4 rings (SSSR count). The quantitative estimate of drug-likeness (QED) is 0.562. The Labute approximate surface area is 202 Å². The number of phenols is 1. The molecule has 2 aromatic rings. The molecule has 2 N–H and O–H groups in total. The Balaban J connectivity index is 1.46. The van der Waals surface area contributed by atoms with Crippen LogP contribution in [0.1, 0.15) is 29.5 Å². The number of methoxy groups -OCH3 is 1. The molecule has 0 saturated carbocycles. The highest BCUT2D eigenvalue weighted by molar-refractivity contribution is 8.18. The lowest BCUT2D eigenvalue weighted by Crippen LogP contribution is -2.44. The Bertz CT molecular complexity index is 1190. The van der Waals surface area contributed by atoms with E-state index in [1.165, 1.54) is 31.0 Å². The molecule has 0 atom stereocenters. The lowest BCUT2D eigenvalue weighted by molar-refractivity contribution is -0.137. The van der Waals surface area contributed by atoms with Gasteiger partial charge in [-0.15, -0.1) is 0 Å². The van der Waals surface area contributed by atoms with Crippen molar-refractivity contribution in [3.8, 4) is 11.5 Å². The third-order valence-corrected chi connectivity index (χ3v) is 7.16. The van der Waals surface area contributed by atoms with Crippen molar-refractivity contribution < 1.29 is 32.9 Å². The number of amidine groups is 1. The van der Waals surface area contributed by atoms with Gasteiger partial charge in [0.15, 0.2) is 16.7 Å². The van der Waals surface area contributed by atoms with Crippen molar-refractivity contribution in [2.75, 3.05) is 20.2 Å². The molecule has 1 fully saturated rings. The third kappa shape index (κ3) is 4.89. The smallest absolute Gasteiger partial charge is 0.417 e. The summed E-state index contributed by atoms with van der Waals surface area (Å²) in [5.74, 6) is -0.159. The number of alkyl halides is 3. The molecule has 2 aliphatic heterocycles. The fraction of sp³-hybridized carbons (Fsp3) is 0.304. The number of nitrogens with zero attached hydrogens (tertiary/aromatic N) is 2. The third-order valence-electron chi connectivity index (χ3n) is 5.78. The first-order chi connectivity index (χ1) is 16.0. The van der Waals surface area contributed by atoms with Gasteiger partial charge in [-0.3, -0.25) is 4.79 Å². The Morgan fingerprint density at radius 2 is 1.91 bits per heavy atom. The van der Waals surface area contributed by atoms with E-state index in [1.807, 2.05) is 4.90 Å². The average Bonchev–Trinajstić information content (AvgIpc) is 3.15. The molecule has 0 radical (unpaired) electrons. The SMILES string of the molecule is COc1cc(/C=C2\SC(N3CCC(O)(c4ccc(Cl)c(C(F)(F)F)c4)CC3)=NC2=O)ccc1O. The van der Waals surface area contributed by atoms with Gasteiger partial charge in [-0.25, -0.2) is 0 Å². The van der Waals surface area contributed by atoms with Crippen LogP contribution in [0.4, 0.5) is 13.2 Å². The zero-order valence-corrected chi connectivity index (χ0v) is 19.5. The number of piperidine rings is 1. The van der Waals surface area contributed by atoms with Gasteiger partial charge in [0.2, 0.25) is 0 Å². The van der Waals surface area contributed by atoms with Gasteiger partial charge < -0.3 is 19.8 Å². The minimum atomic E-state index is -4.62. The highest BCUT2D eigenvalue weighted by atomic mass is 35.5. The number of benzene rings is 2. The summed E-state index contributed by atoms with van der Waals surface area (Å²) in [6.07, 6.45) is -2.66. The Morgan fingerprint density at radius 3 is 2.56 bits per heavy atom. The van der Waals surface area contributed by atoms with E-state index in [9.17, 15) is 28.2 Å². The number of rotatable bonds is 3. The monoisotopic (exact) mass is 512 g/mol. The summed E-state index contributed by atoms with van der Waals surface area (Å²) in [5.41, 5.74) is -1.62. The van der Waals surface area contributed by atoms with E-state index < -0.39 is 28.3 Å². The molecule has 1 saturated heterocycles. The first-order valence-electron chi connectivity index (χ1n) is 10.2. The van der Waals surface area contributed by atoms with Gasteiger partial charge in [-0.05, 0) is 66.1 Å².